The van der Waals surface area contributed by atoms with Crippen molar-refractivity contribution < 1.29 is 9.18 Å². The number of amides is 1. The van der Waals surface area contributed by atoms with Crippen molar-refractivity contribution in [1.82, 2.24) is 10.2 Å². The third-order valence-electron chi connectivity index (χ3n) is 3.09. The van der Waals surface area contributed by atoms with Gasteiger partial charge in [0.05, 0.1) is 17.6 Å². The molecule has 1 fully saturated rings. The summed E-state index contributed by atoms with van der Waals surface area (Å²) in [5.41, 5.74) is 0.773. The van der Waals surface area contributed by atoms with Gasteiger partial charge in [0.15, 0.2) is 0 Å². The highest BCUT2D eigenvalue weighted by Crippen LogP contribution is 2.14. The van der Waals surface area contributed by atoms with Crippen molar-refractivity contribution in [2.45, 2.75) is 6.54 Å². The molecular weight excluding hydrogens is 233 g/mol. The molecule has 1 aromatic rings. The van der Waals surface area contributed by atoms with E-state index in [-0.39, 0.29) is 24.2 Å². The number of nitriles is 1. The molecule has 0 aliphatic carbocycles. The van der Waals surface area contributed by atoms with Crippen LogP contribution in [0, 0.1) is 23.1 Å². The van der Waals surface area contributed by atoms with Gasteiger partial charge in [0, 0.05) is 32.2 Å². The van der Waals surface area contributed by atoms with E-state index in [1.807, 2.05) is 6.07 Å². The highest BCUT2D eigenvalue weighted by Gasteiger charge is 2.27. The van der Waals surface area contributed by atoms with Crippen LogP contribution < -0.4 is 5.32 Å². The normalized spacial score (nSPS) is 14.7. The largest absolute Gasteiger partial charge is 0.341 e. The fourth-order valence-electron chi connectivity index (χ4n) is 1.87. The number of carbonyl (C=O) groups excluding carboxylic acids is 1. The minimum Gasteiger partial charge on any atom is -0.341 e. The fourth-order valence-corrected chi connectivity index (χ4v) is 1.87. The molecule has 0 aromatic heterocycles. The molecule has 94 valence electrons. The van der Waals surface area contributed by atoms with Crippen LogP contribution in [0.5, 0.6) is 0 Å². The molecule has 0 unspecified atom stereocenters. The van der Waals surface area contributed by atoms with E-state index in [9.17, 15) is 9.18 Å². The van der Waals surface area contributed by atoms with E-state index in [4.69, 9.17) is 5.26 Å². The monoisotopic (exact) mass is 247 g/mol. The summed E-state index contributed by atoms with van der Waals surface area (Å²) in [4.78, 5) is 13.4. The van der Waals surface area contributed by atoms with Crippen LogP contribution in [0.15, 0.2) is 18.2 Å². The first-order chi connectivity index (χ1) is 8.61. The topological polar surface area (TPSA) is 56.1 Å². The Labute approximate surface area is 105 Å². The highest BCUT2D eigenvalue weighted by atomic mass is 19.1. The number of nitrogens with one attached hydrogen (secondary N) is 1. The number of nitrogens with zero attached hydrogens (tertiary/aromatic N) is 2. The molecule has 1 amide bonds. The van der Waals surface area contributed by atoms with Crippen molar-refractivity contribution in [3.63, 3.8) is 0 Å². The molecule has 1 aromatic carbocycles. The lowest BCUT2D eigenvalue weighted by Gasteiger charge is -2.30. The maximum absolute atomic E-state index is 13.6. The second-order valence-corrected chi connectivity index (χ2v) is 4.47. The Hall–Kier alpha value is -1.93. The van der Waals surface area contributed by atoms with Crippen LogP contribution in [-0.4, -0.2) is 30.9 Å². The minimum atomic E-state index is -0.389. The molecule has 1 aliphatic rings. The average Bonchev–Trinajstić information content (AvgIpc) is 2.29. The molecular formula is C13H14FN3O. The van der Waals surface area contributed by atoms with Gasteiger partial charge in [0.25, 0.3) is 0 Å². The molecule has 2 rings (SSSR count). The maximum Gasteiger partial charge on any atom is 0.228 e. The molecule has 0 bridgehead atoms. The standard InChI is InChI=1S/C13H14FN3O/c1-17(13(18)11-6-16-7-11)8-10-4-9(5-15)2-3-12(10)14/h2-4,11,16H,6-8H2,1H3. The Balaban J connectivity index is 2.08. The molecule has 1 heterocycles. The van der Waals surface area contributed by atoms with E-state index in [1.54, 1.807) is 7.05 Å². The van der Waals surface area contributed by atoms with E-state index < -0.39 is 0 Å². The zero-order chi connectivity index (χ0) is 13.1. The third-order valence-corrected chi connectivity index (χ3v) is 3.09. The van der Waals surface area contributed by atoms with Gasteiger partial charge in [0.2, 0.25) is 5.91 Å². The number of hydrogen-bond acceptors (Lipinski definition) is 3. The summed E-state index contributed by atoms with van der Waals surface area (Å²) < 4.78 is 13.6. The molecule has 5 heteroatoms. The first kappa shape index (κ1) is 12.5. The molecule has 1 N–H and O–H groups in total. The fraction of sp³-hybridized carbons (Fsp3) is 0.385. The number of carbonyl (C=O) groups is 1. The third kappa shape index (κ3) is 2.49. The quantitative estimate of drug-likeness (QED) is 0.862. The summed E-state index contributed by atoms with van der Waals surface area (Å²) in [6.07, 6.45) is 0. The van der Waals surface area contributed by atoms with Gasteiger partial charge in [-0.25, -0.2) is 4.39 Å². The minimum absolute atomic E-state index is 0.00258. The van der Waals surface area contributed by atoms with E-state index in [0.29, 0.717) is 24.2 Å². The van der Waals surface area contributed by atoms with Crippen LogP contribution in [0.25, 0.3) is 0 Å². The van der Waals surface area contributed by atoms with Crippen LogP contribution in [0.3, 0.4) is 0 Å². The summed E-state index contributed by atoms with van der Waals surface area (Å²) in [6.45, 7) is 1.56. The van der Waals surface area contributed by atoms with Crippen molar-refractivity contribution >= 4 is 5.91 Å². The van der Waals surface area contributed by atoms with Crippen molar-refractivity contribution in [2.75, 3.05) is 20.1 Å². The second-order valence-electron chi connectivity index (χ2n) is 4.47. The zero-order valence-electron chi connectivity index (χ0n) is 10.1. The Kier molecular flexibility index (Phi) is 3.58. The van der Waals surface area contributed by atoms with E-state index >= 15 is 0 Å². The van der Waals surface area contributed by atoms with Gasteiger partial charge in [-0.1, -0.05) is 0 Å². The Morgan fingerprint density at radius 3 is 2.89 bits per heavy atom. The molecule has 0 radical (unpaired) electrons. The average molecular weight is 247 g/mol. The number of hydrogen-bond donors (Lipinski definition) is 1. The molecule has 18 heavy (non-hydrogen) atoms. The van der Waals surface area contributed by atoms with Crippen LogP contribution >= 0.6 is 0 Å². The Morgan fingerprint density at radius 1 is 1.61 bits per heavy atom. The predicted octanol–water partition coefficient (Wildman–Crippen LogP) is 0.875. The van der Waals surface area contributed by atoms with Gasteiger partial charge in [-0.05, 0) is 18.2 Å². The first-order valence-corrected chi connectivity index (χ1v) is 5.76. The predicted molar refractivity (Wildman–Crippen MR) is 63.9 cm³/mol. The van der Waals surface area contributed by atoms with Gasteiger partial charge in [-0.15, -0.1) is 0 Å². The lowest BCUT2D eigenvalue weighted by molar-refractivity contribution is -0.136. The number of rotatable bonds is 3. The summed E-state index contributed by atoms with van der Waals surface area (Å²) in [6, 6.07) is 6.13. The van der Waals surface area contributed by atoms with Crippen LogP contribution in [0.4, 0.5) is 4.39 Å². The van der Waals surface area contributed by atoms with Crippen molar-refractivity contribution in [1.29, 1.82) is 5.26 Å². The molecule has 0 atom stereocenters. The van der Waals surface area contributed by atoms with E-state index in [0.717, 1.165) is 0 Å². The Bertz CT molecular complexity index is 505. The molecule has 4 nitrogen and oxygen atoms in total. The van der Waals surface area contributed by atoms with Crippen molar-refractivity contribution in [2.24, 2.45) is 5.92 Å². The van der Waals surface area contributed by atoms with Gasteiger partial charge in [-0.3, -0.25) is 4.79 Å². The van der Waals surface area contributed by atoms with Gasteiger partial charge >= 0.3 is 0 Å². The van der Waals surface area contributed by atoms with Crippen LogP contribution in [0.2, 0.25) is 0 Å². The summed E-state index contributed by atoms with van der Waals surface area (Å²) in [5, 5.41) is 11.8. The van der Waals surface area contributed by atoms with Gasteiger partial charge < -0.3 is 10.2 Å². The molecule has 0 spiro atoms. The maximum atomic E-state index is 13.6. The molecule has 1 aliphatic heterocycles. The lowest BCUT2D eigenvalue weighted by Crippen LogP contribution is -2.51. The summed E-state index contributed by atoms with van der Waals surface area (Å²) >= 11 is 0. The first-order valence-electron chi connectivity index (χ1n) is 5.76. The Morgan fingerprint density at radius 2 is 2.33 bits per heavy atom. The van der Waals surface area contributed by atoms with Crippen molar-refractivity contribution in [3.05, 3.63) is 35.1 Å². The van der Waals surface area contributed by atoms with E-state index in [2.05, 4.69) is 5.32 Å². The zero-order valence-corrected chi connectivity index (χ0v) is 10.1. The van der Waals surface area contributed by atoms with Crippen LogP contribution in [0.1, 0.15) is 11.1 Å². The van der Waals surface area contributed by atoms with E-state index in [1.165, 1.54) is 23.1 Å². The number of benzene rings is 1. The number of halogens is 1. The summed E-state index contributed by atoms with van der Waals surface area (Å²) in [7, 11) is 1.65. The van der Waals surface area contributed by atoms with Gasteiger partial charge in [0.1, 0.15) is 5.82 Å². The highest BCUT2D eigenvalue weighted by molar-refractivity contribution is 5.79. The smallest absolute Gasteiger partial charge is 0.228 e. The van der Waals surface area contributed by atoms with Gasteiger partial charge in [-0.2, -0.15) is 5.26 Å². The molecule has 1 saturated heterocycles. The molecule has 0 saturated carbocycles. The second kappa shape index (κ2) is 5.15. The summed E-state index contributed by atoms with van der Waals surface area (Å²) in [5.74, 6) is -0.381. The van der Waals surface area contributed by atoms with Crippen LogP contribution in [-0.2, 0) is 11.3 Å². The lowest BCUT2D eigenvalue weighted by atomic mass is 10.0. The SMILES string of the molecule is CN(Cc1cc(C#N)ccc1F)C(=O)C1CNC1. The van der Waals surface area contributed by atoms with Crippen molar-refractivity contribution in [3.8, 4) is 6.07 Å².